The van der Waals surface area contributed by atoms with Gasteiger partial charge in [0.1, 0.15) is 0 Å². The van der Waals surface area contributed by atoms with E-state index in [4.69, 9.17) is 4.74 Å². The highest BCUT2D eigenvalue weighted by atomic mass is 16.5. The second kappa shape index (κ2) is 4.77. The van der Waals surface area contributed by atoms with Crippen molar-refractivity contribution in [1.82, 2.24) is 5.32 Å². The Labute approximate surface area is 82.4 Å². The summed E-state index contributed by atoms with van der Waals surface area (Å²) in [7, 11) is 3.69. The van der Waals surface area contributed by atoms with Crippen LogP contribution in [0.25, 0.3) is 0 Å². The van der Waals surface area contributed by atoms with Gasteiger partial charge in [0, 0.05) is 7.11 Å². The third-order valence-electron chi connectivity index (χ3n) is 2.25. The van der Waals surface area contributed by atoms with E-state index >= 15 is 0 Å². The fraction of sp³-hybridized carbons (Fsp3) is 0.818. The van der Waals surface area contributed by atoms with Gasteiger partial charge in [0.25, 0.3) is 0 Å². The van der Waals surface area contributed by atoms with Crippen molar-refractivity contribution in [3.63, 3.8) is 0 Å². The maximum absolute atomic E-state index is 5.51. The number of hydrogen-bond acceptors (Lipinski definition) is 2. The van der Waals surface area contributed by atoms with Crippen molar-refractivity contribution in [3.05, 3.63) is 12.2 Å². The van der Waals surface area contributed by atoms with Gasteiger partial charge in [0.05, 0.1) is 12.1 Å². The van der Waals surface area contributed by atoms with Crippen molar-refractivity contribution in [1.29, 1.82) is 0 Å². The average Bonchev–Trinajstić information content (AvgIpc) is 1.96. The maximum atomic E-state index is 5.51. The Hall–Kier alpha value is -0.340. The molecule has 0 bridgehead atoms. The van der Waals surface area contributed by atoms with Crippen LogP contribution in [0.5, 0.6) is 0 Å². The molecule has 0 rings (SSSR count). The zero-order chi connectivity index (χ0) is 10.6. The van der Waals surface area contributed by atoms with Crippen molar-refractivity contribution in [3.8, 4) is 0 Å². The van der Waals surface area contributed by atoms with Crippen LogP contribution in [0.3, 0.4) is 0 Å². The molecule has 2 unspecified atom stereocenters. The molecule has 78 valence electrons. The second-order valence-corrected chi connectivity index (χ2v) is 4.64. The predicted octanol–water partition coefficient (Wildman–Crippen LogP) is 2.21. The normalized spacial score (nSPS) is 16.8. The quantitative estimate of drug-likeness (QED) is 0.678. The molecule has 0 saturated carbocycles. The molecule has 0 aliphatic carbocycles. The summed E-state index contributed by atoms with van der Waals surface area (Å²) in [6, 6.07) is 0.227. The molecule has 0 radical (unpaired) electrons. The summed E-state index contributed by atoms with van der Waals surface area (Å²) in [5, 5.41) is 3.23. The molecule has 0 saturated heterocycles. The molecule has 1 N–H and O–H groups in total. The lowest BCUT2D eigenvalue weighted by Gasteiger charge is -2.36. The Balaban J connectivity index is 4.63. The highest BCUT2D eigenvalue weighted by Crippen LogP contribution is 2.26. The van der Waals surface area contributed by atoms with E-state index in [2.05, 4.69) is 32.7 Å². The van der Waals surface area contributed by atoms with Crippen LogP contribution < -0.4 is 5.32 Å². The Morgan fingerprint density at radius 3 is 1.92 bits per heavy atom. The van der Waals surface area contributed by atoms with E-state index in [1.807, 2.05) is 14.0 Å². The zero-order valence-electron chi connectivity index (χ0n) is 9.77. The molecule has 0 aromatic carbocycles. The van der Waals surface area contributed by atoms with Crippen molar-refractivity contribution in [2.45, 2.75) is 39.8 Å². The molecular formula is C11H23NO. The Kier molecular flexibility index (Phi) is 4.65. The highest BCUT2D eigenvalue weighted by Gasteiger charge is 2.31. The van der Waals surface area contributed by atoms with Gasteiger partial charge in [-0.05, 0) is 19.4 Å². The molecule has 13 heavy (non-hydrogen) atoms. The van der Waals surface area contributed by atoms with Crippen LogP contribution >= 0.6 is 0 Å². The Morgan fingerprint density at radius 1 is 1.38 bits per heavy atom. The van der Waals surface area contributed by atoms with Crippen molar-refractivity contribution >= 4 is 0 Å². The molecule has 0 aromatic rings. The summed E-state index contributed by atoms with van der Waals surface area (Å²) in [4.78, 5) is 0. The second-order valence-electron chi connectivity index (χ2n) is 4.64. The summed E-state index contributed by atoms with van der Waals surface area (Å²) in [6.07, 6.45) is 0.162. The summed E-state index contributed by atoms with van der Waals surface area (Å²) in [5.41, 5.74) is 1.24. The first-order chi connectivity index (χ1) is 5.84. The van der Waals surface area contributed by atoms with Gasteiger partial charge in [-0.25, -0.2) is 0 Å². The number of rotatable bonds is 4. The van der Waals surface area contributed by atoms with Gasteiger partial charge in [0.2, 0.25) is 0 Å². The van der Waals surface area contributed by atoms with Gasteiger partial charge in [-0.3, -0.25) is 0 Å². The van der Waals surface area contributed by atoms with E-state index < -0.39 is 0 Å². The van der Waals surface area contributed by atoms with Crippen LogP contribution in [-0.4, -0.2) is 26.3 Å². The minimum Gasteiger partial charge on any atom is -0.379 e. The van der Waals surface area contributed by atoms with E-state index in [9.17, 15) is 0 Å². The van der Waals surface area contributed by atoms with Crippen LogP contribution in [0.1, 0.15) is 27.7 Å². The molecule has 0 aliphatic rings. The van der Waals surface area contributed by atoms with E-state index in [0.717, 1.165) is 5.57 Å². The fourth-order valence-corrected chi connectivity index (χ4v) is 1.65. The van der Waals surface area contributed by atoms with Crippen LogP contribution in [0, 0.1) is 5.41 Å². The van der Waals surface area contributed by atoms with Crippen molar-refractivity contribution in [2.24, 2.45) is 5.41 Å². The lowest BCUT2D eigenvalue weighted by Crippen LogP contribution is -2.46. The first-order valence-electron chi connectivity index (χ1n) is 4.70. The number of likely N-dealkylation sites (N-methyl/N-ethyl adjacent to an activating group) is 1. The van der Waals surface area contributed by atoms with E-state index in [1.54, 1.807) is 7.11 Å². The lowest BCUT2D eigenvalue weighted by molar-refractivity contribution is -0.000662. The Bertz CT molecular complexity index is 169. The molecule has 0 aromatic heterocycles. The first kappa shape index (κ1) is 12.7. The minimum atomic E-state index is 0.126. The van der Waals surface area contributed by atoms with Crippen LogP contribution in [0.15, 0.2) is 12.2 Å². The van der Waals surface area contributed by atoms with Crippen LogP contribution in [0.4, 0.5) is 0 Å². The molecule has 2 heteroatoms. The van der Waals surface area contributed by atoms with E-state index in [-0.39, 0.29) is 17.6 Å². The molecule has 0 spiro atoms. The van der Waals surface area contributed by atoms with Gasteiger partial charge in [-0.2, -0.15) is 0 Å². The van der Waals surface area contributed by atoms with Gasteiger partial charge in [0.15, 0.2) is 0 Å². The third-order valence-corrected chi connectivity index (χ3v) is 2.25. The number of hydrogen-bond donors (Lipinski definition) is 1. The smallest absolute Gasteiger partial charge is 0.0810 e. The Morgan fingerprint density at radius 2 is 1.85 bits per heavy atom. The molecular weight excluding hydrogens is 162 g/mol. The summed E-state index contributed by atoms with van der Waals surface area (Å²) >= 11 is 0. The number of methoxy groups -OCH3 is 1. The average molecular weight is 185 g/mol. The molecule has 2 atom stereocenters. The lowest BCUT2D eigenvalue weighted by atomic mass is 9.82. The summed E-state index contributed by atoms with van der Waals surface area (Å²) < 4.78 is 5.51. The van der Waals surface area contributed by atoms with Gasteiger partial charge >= 0.3 is 0 Å². The fourth-order valence-electron chi connectivity index (χ4n) is 1.65. The molecule has 0 heterocycles. The van der Waals surface area contributed by atoms with Gasteiger partial charge in [-0.15, -0.1) is 0 Å². The predicted molar refractivity (Wildman–Crippen MR) is 57.9 cm³/mol. The standard InChI is InChI=1S/C11H23NO/c1-8(2)9(12-6)10(13-7)11(3,4)5/h9-10,12H,1H2,2-7H3. The van der Waals surface area contributed by atoms with Crippen LogP contribution in [0.2, 0.25) is 0 Å². The van der Waals surface area contributed by atoms with Gasteiger partial charge in [-0.1, -0.05) is 32.9 Å². The van der Waals surface area contributed by atoms with E-state index in [0.29, 0.717) is 0 Å². The number of nitrogens with one attached hydrogen (secondary N) is 1. The first-order valence-corrected chi connectivity index (χ1v) is 4.70. The monoisotopic (exact) mass is 185 g/mol. The topological polar surface area (TPSA) is 21.3 Å². The SMILES string of the molecule is C=C(C)C(NC)C(OC)C(C)(C)C. The summed E-state index contributed by atoms with van der Waals surface area (Å²) in [6.45, 7) is 12.5. The molecule has 0 fully saturated rings. The minimum absolute atomic E-state index is 0.126. The third kappa shape index (κ3) is 3.49. The van der Waals surface area contributed by atoms with Crippen molar-refractivity contribution in [2.75, 3.05) is 14.2 Å². The molecule has 0 aliphatic heterocycles. The van der Waals surface area contributed by atoms with Crippen LogP contribution in [-0.2, 0) is 4.74 Å². The summed E-state index contributed by atoms with van der Waals surface area (Å²) in [5.74, 6) is 0. The maximum Gasteiger partial charge on any atom is 0.0810 e. The number of ether oxygens (including phenoxy) is 1. The largest absolute Gasteiger partial charge is 0.379 e. The van der Waals surface area contributed by atoms with Crippen molar-refractivity contribution < 1.29 is 4.74 Å². The molecule has 2 nitrogen and oxygen atoms in total. The highest BCUT2D eigenvalue weighted by molar-refractivity contribution is 5.07. The van der Waals surface area contributed by atoms with E-state index in [1.165, 1.54) is 0 Å². The van der Waals surface area contributed by atoms with Gasteiger partial charge < -0.3 is 10.1 Å². The molecule has 0 amide bonds. The zero-order valence-corrected chi connectivity index (χ0v) is 9.77.